The first-order valence-electron chi connectivity index (χ1n) is 8.43. The minimum atomic E-state index is 0.596. The Kier molecular flexibility index (Phi) is 6.52. The van der Waals surface area contributed by atoms with E-state index in [-0.39, 0.29) is 0 Å². The van der Waals surface area contributed by atoms with Crippen LogP contribution in [0.25, 0.3) is 0 Å². The van der Waals surface area contributed by atoms with E-state index in [4.69, 9.17) is 0 Å². The van der Waals surface area contributed by atoms with Gasteiger partial charge in [0.2, 0.25) is 0 Å². The maximum absolute atomic E-state index is 4.57. The van der Waals surface area contributed by atoms with Crippen molar-refractivity contribution in [1.29, 1.82) is 0 Å². The van der Waals surface area contributed by atoms with E-state index < -0.39 is 0 Å². The van der Waals surface area contributed by atoms with Crippen molar-refractivity contribution in [3.63, 3.8) is 0 Å². The Morgan fingerprint density at radius 3 is 2.55 bits per heavy atom. The van der Waals surface area contributed by atoms with E-state index in [1.165, 1.54) is 56.2 Å². The zero-order chi connectivity index (χ0) is 14.2. The van der Waals surface area contributed by atoms with Gasteiger partial charge in [0.1, 0.15) is 0 Å². The number of hydrogen-bond acceptors (Lipinski definition) is 2. The van der Waals surface area contributed by atoms with Crippen molar-refractivity contribution < 1.29 is 0 Å². The molecule has 1 N–H and O–H groups in total. The Balaban J connectivity index is 1.90. The van der Waals surface area contributed by atoms with Gasteiger partial charge in [-0.1, -0.05) is 51.5 Å². The molecular weight excluding hydrogens is 244 g/mol. The molecule has 2 rings (SSSR count). The quantitative estimate of drug-likeness (QED) is 0.784. The molecule has 2 heteroatoms. The van der Waals surface area contributed by atoms with Gasteiger partial charge in [-0.2, -0.15) is 0 Å². The van der Waals surface area contributed by atoms with E-state index in [9.17, 15) is 0 Å². The van der Waals surface area contributed by atoms with Crippen LogP contribution in [0, 0.1) is 12.8 Å². The van der Waals surface area contributed by atoms with E-state index in [0.717, 1.165) is 18.9 Å². The Morgan fingerprint density at radius 2 is 1.95 bits per heavy atom. The number of hydrogen-bond donors (Lipinski definition) is 1. The summed E-state index contributed by atoms with van der Waals surface area (Å²) in [5, 5.41) is 3.67. The molecule has 1 aromatic heterocycles. The molecule has 1 aliphatic carbocycles. The van der Waals surface area contributed by atoms with Crippen LogP contribution in [0.4, 0.5) is 0 Å². The summed E-state index contributed by atoms with van der Waals surface area (Å²) in [5.74, 6) is 0.923. The number of likely N-dealkylation sites (N-methyl/N-ethyl adjacent to an activating group) is 1. The molecule has 112 valence electrons. The standard InChI is InChI=1S/C18H30N2/c1-3-19-18(12-16-8-6-4-5-7-9-16)13-17-11-10-15(2)14-20-17/h10-11,14,16,18-19H,3-9,12-13H2,1-2H3. The molecule has 0 radical (unpaired) electrons. The van der Waals surface area contributed by atoms with Crippen LogP contribution in [-0.4, -0.2) is 17.6 Å². The second kappa shape index (κ2) is 8.41. The lowest BCUT2D eigenvalue weighted by Gasteiger charge is -2.23. The van der Waals surface area contributed by atoms with Crippen LogP contribution in [0.5, 0.6) is 0 Å². The van der Waals surface area contributed by atoms with Crippen molar-refractivity contribution in [2.45, 2.75) is 71.3 Å². The largest absolute Gasteiger partial charge is 0.314 e. The van der Waals surface area contributed by atoms with E-state index in [1.807, 2.05) is 6.20 Å². The molecular formula is C18H30N2. The number of nitrogens with zero attached hydrogens (tertiary/aromatic N) is 1. The van der Waals surface area contributed by atoms with Gasteiger partial charge < -0.3 is 5.32 Å². The predicted octanol–water partition coefficient (Wildman–Crippen LogP) is 4.27. The molecule has 1 aromatic rings. The summed E-state index contributed by atoms with van der Waals surface area (Å²) in [4.78, 5) is 4.57. The molecule has 1 atom stereocenters. The van der Waals surface area contributed by atoms with Crippen LogP contribution in [0.3, 0.4) is 0 Å². The minimum Gasteiger partial charge on any atom is -0.314 e. The zero-order valence-corrected chi connectivity index (χ0v) is 13.2. The van der Waals surface area contributed by atoms with Crippen LogP contribution in [0.15, 0.2) is 18.3 Å². The van der Waals surface area contributed by atoms with Crippen LogP contribution in [-0.2, 0) is 6.42 Å². The van der Waals surface area contributed by atoms with Crippen molar-refractivity contribution in [1.82, 2.24) is 10.3 Å². The van der Waals surface area contributed by atoms with E-state index >= 15 is 0 Å². The highest BCUT2D eigenvalue weighted by Gasteiger charge is 2.18. The second-order valence-electron chi connectivity index (χ2n) is 6.38. The molecule has 1 saturated carbocycles. The third-order valence-electron chi connectivity index (χ3n) is 4.51. The summed E-state index contributed by atoms with van der Waals surface area (Å²) in [6, 6.07) is 4.96. The molecule has 0 bridgehead atoms. The highest BCUT2D eigenvalue weighted by atomic mass is 14.9. The summed E-state index contributed by atoms with van der Waals surface area (Å²) in [6.07, 6.45) is 13.0. The molecule has 20 heavy (non-hydrogen) atoms. The Bertz CT molecular complexity index is 364. The number of aromatic nitrogens is 1. The minimum absolute atomic E-state index is 0.596. The topological polar surface area (TPSA) is 24.9 Å². The normalized spacial score (nSPS) is 18.7. The fourth-order valence-electron chi connectivity index (χ4n) is 3.40. The summed E-state index contributed by atoms with van der Waals surface area (Å²) < 4.78 is 0. The maximum Gasteiger partial charge on any atom is 0.0419 e. The first kappa shape index (κ1) is 15.5. The molecule has 0 aromatic carbocycles. The average molecular weight is 274 g/mol. The number of pyridine rings is 1. The van der Waals surface area contributed by atoms with Crippen molar-refractivity contribution in [3.05, 3.63) is 29.6 Å². The van der Waals surface area contributed by atoms with Gasteiger partial charge in [0, 0.05) is 24.4 Å². The van der Waals surface area contributed by atoms with Gasteiger partial charge in [0.05, 0.1) is 0 Å². The van der Waals surface area contributed by atoms with Crippen LogP contribution >= 0.6 is 0 Å². The second-order valence-corrected chi connectivity index (χ2v) is 6.38. The lowest BCUT2D eigenvalue weighted by Crippen LogP contribution is -2.33. The van der Waals surface area contributed by atoms with Crippen molar-refractivity contribution >= 4 is 0 Å². The third kappa shape index (κ3) is 5.24. The molecule has 1 unspecified atom stereocenters. The molecule has 1 aliphatic rings. The van der Waals surface area contributed by atoms with Gasteiger partial charge in [-0.25, -0.2) is 0 Å². The first-order valence-corrected chi connectivity index (χ1v) is 8.43. The van der Waals surface area contributed by atoms with Crippen LogP contribution < -0.4 is 5.32 Å². The fourth-order valence-corrected chi connectivity index (χ4v) is 3.40. The van der Waals surface area contributed by atoms with Crippen LogP contribution in [0.2, 0.25) is 0 Å². The summed E-state index contributed by atoms with van der Waals surface area (Å²) in [6.45, 7) is 5.37. The lowest BCUT2D eigenvalue weighted by molar-refractivity contribution is 0.351. The molecule has 0 spiro atoms. The Hall–Kier alpha value is -0.890. The SMILES string of the molecule is CCNC(Cc1ccc(C)cn1)CC1CCCCCC1. The molecule has 0 saturated heterocycles. The van der Waals surface area contributed by atoms with E-state index in [2.05, 4.69) is 36.3 Å². The highest BCUT2D eigenvalue weighted by molar-refractivity contribution is 5.13. The molecule has 0 amide bonds. The molecule has 1 heterocycles. The van der Waals surface area contributed by atoms with Gasteiger partial charge in [0.15, 0.2) is 0 Å². The fraction of sp³-hybridized carbons (Fsp3) is 0.722. The average Bonchev–Trinajstić information content (AvgIpc) is 2.70. The van der Waals surface area contributed by atoms with Gasteiger partial charge in [-0.3, -0.25) is 4.98 Å². The zero-order valence-electron chi connectivity index (χ0n) is 13.2. The summed E-state index contributed by atoms with van der Waals surface area (Å²) in [7, 11) is 0. The number of nitrogens with one attached hydrogen (secondary N) is 1. The first-order chi connectivity index (χ1) is 9.78. The van der Waals surface area contributed by atoms with Crippen molar-refractivity contribution in [2.75, 3.05) is 6.54 Å². The van der Waals surface area contributed by atoms with Gasteiger partial charge in [-0.15, -0.1) is 0 Å². The monoisotopic (exact) mass is 274 g/mol. The van der Waals surface area contributed by atoms with Crippen molar-refractivity contribution in [3.8, 4) is 0 Å². The van der Waals surface area contributed by atoms with Gasteiger partial charge in [0.25, 0.3) is 0 Å². The van der Waals surface area contributed by atoms with E-state index in [1.54, 1.807) is 0 Å². The molecule has 1 fully saturated rings. The van der Waals surface area contributed by atoms with Crippen LogP contribution in [0.1, 0.15) is 63.1 Å². The third-order valence-corrected chi connectivity index (χ3v) is 4.51. The van der Waals surface area contributed by atoms with Gasteiger partial charge >= 0.3 is 0 Å². The Morgan fingerprint density at radius 1 is 1.20 bits per heavy atom. The number of rotatable bonds is 6. The smallest absolute Gasteiger partial charge is 0.0419 e. The van der Waals surface area contributed by atoms with Crippen molar-refractivity contribution in [2.24, 2.45) is 5.92 Å². The van der Waals surface area contributed by atoms with E-state index in [0.29, 0.717) is 6.04 Å². The number of aryl methyl sites for hydroxylation is 1. The molecule has 2 nitrogen and oxygen atoms in total. The highest BCUT2D eigenvalue weighted by Crippen LogP contribution is 2.27. The maximum atomic E-state index is 4.57. The predicted molar refractivity (Wildman–Crippen MR) is 86.0 cm³/mol. The molecule has 0 aliphatic heterocycles. The Labute approximate surface area is 124 Å². The van der Waals surface area contributed by atoms with Gasteiger partial charge in [-0.05, 0) is 37.4 Å². The summed E-state index contributed by atoms with van der Waals surface area (Å²) in [5.41, 5.74) is 2.48. The lowest BCUT2D eigenvalue weighted by atomic mass is 9.90. The summed E-state index contributed by atoms with van der Waals surface area (Å²) >= 11 is 0.